The van der Waals surface area contributed by atoms with E-state index >= 15 is 0 Å². The normalized spacial score (nSPS) is 10.6. The van der Waals surface area contributed by atoms with E-state index in [1.165, 1.54) is 15.7 Å². The highest BCUT2D eigenvalue weighted by atomic mass is 16.5. The lowest BCUT2D eigenvalue weighted by Crippen LogP contribution is -2.10. The van der Waals surface area contributed by atoms with Crippen molar-refractivity contribution in [3.05, 3.63) is 24.8 Å². The minimum Gasteiger partial charge on any atom is -0.387 e. The first-order chi connectivity index (χ1) is 10.2. The van der Waals surface area contributed by atoms with Crippen LogP contribution in [0, 0.1) is 0 Å². The summed E-state index contributed by atoms with van der Waals surface area (Å²) < 4.78 is 8.48. The highest BCUT2D eigenvalue weighted by Gasteiger charge is 2.11. The quantitative estimate of drug-likeness (QED) is 0.718. The number of aromatic nitrogens is 8. The third kappa shape index (κ3) is 2.94. The fourth-order valence-electron chi connectivity index (χ4n) is 1.57. The summed E-state index contributed by atoms with van der Waals surface area (Å²) >= 11 is 0. The Morgan fingerprint density at radius 3 is 2.81 bits per heavy atom. The van der Waals surface area contributed by atoms with Crippen molar-refractivity contribution in [3.8, 4) is 18.0 Å². The number of anilines is 1. The Kier molecular flexibility index (Phi) is 3.41. The smallest absolute Gasteiger partial charge is 0.343 e. The molecule has 21 heavy (non-hydrogen) atoms. The van der Waals surface area contributed by atoms with E-state index in [4.69, 9.17) is 4.74 Å². The molecule has 0 aromatic carbocycles. The molecular weight excluding hydrogens is 274 g/mol. The number of aryl methyl sites for hydroxylation is 1. The summed E-state index contributed by atoms with van der Waals surface area (Å²) in [6.45, 7) is 2.61. The lowest BCUT2D eigenvalue weighted by molar-refractivity contribution is 0.402. The van der Waals surface area contributed by atoms with Gasteiger partial charge in [-0.15, -0.1) is 5.10 Å². The van der Waals surface area contributed by atoms with E-state index < -0.39 is 0 Å². The average Bonchev–Trinajstić information content (AvgIpc) is 3.11. The van der Waals surface area contributed by atoms with Gasteiger partial charge in [0.05, 0.1) is 0 Å². The van der Waals surface area contributed by atoms with Gasteiger partial charge in [0, 0.05) is 26.0 Å². The predicted molar refractivity (Wildman–Crippen MR) is 72.2 cm³/mol. The van der Waals surface area contributed by atoms with E-state index in [2.05, 4.69) is 35.5 Å². The van der Waals surface area contributed by atoms with Crippen LogP contribution in [0.25, 0.3) is 5.95 Å². The molecule has 0 aliphatic carbocycles. The van der Waals surface area contributed by atoms with Crippen LogP contribution in [-0.2, 0) is 7.05 Å². The summed E-state index contributed by atoms with van der Waals surface area (Å²) in [5.74, 6) is 0.737. The Balaban J connectivity index is 1.95. The third-order valence-corrected chi connectivity index (χ3v) is 2.41. The molecule has 3 heterocycles. The van der Waals surface area contributed by atoms with Gasteiger partial charge < -0.3 is 10.1 Å². The Morgan fingerprint density at radius 2 is 2.14 bits per heavy atom. The molecular formula is C11H13N9O. The lowest BCUT2D eigenvalue weighted by atomic mass is 10.7. The van der Waals surface area contributed by atoms with Crippen LogP contribution in [0.3, 0.4) is 0 Å². The topological polar surface area (TPSA) is 108 Å². The van der Waals surface area contributed by atoms with Crippen molar-refractivity contribution in [2.24, 2.45) is 7.05 Å². The Bertz CT molecular complexity index is 721. The fraction of sp³-hybridized carbons (Fsp3) is 0.273. The summed E-state index contributed by atoms with van der Waals surface area (Å²) in [5, 5.41) is 11.1. The summed E-state index contributed by atoms with van der Waals surface area (Å²) in [7, 11) is 1.74. The van der Waals surface area contributed by atoms with Crippen molar-refractivity contribution in [1.82, 2.24) is 39.5 Å². The van der Waals surface area contributed by atoms with Gasteiger partial charge in [-0.2, -0.15) is 25.0 Å². The zero-order valence-electron chi connectivity index (χ0n) is 11.5. The van der Waals surface area contributed by atoms with Gasteiger partial charge in [0.15, 0.2) is 0 Å². The molecule has 0 radical (unpaired) electrons. The second-order valence-corrected chi connectivity index (χ2v) is 4.03. The number of nitrogens with zero attached hydrogens (tertiary/aromatic N) is 8. The van der Waals surface area contributed by atoms with Crippen LogP contribution in [0.1, 0.15) is 6.92 Å². The number of ether oxygens (including phenoxy) is 1. The van der Waals surface area contributed by atoms with Crippen LogP contribution in [0.2, 0.25) is 0 Å². The zero-order chi connectivity index (χ0) is 14.7. The van der Waals surface area contributed by atoms with E-state index in [0.29, 0.717) is 18.4 Å². The van der Waals surface area contributed by atoms with E-state index in [-0.39, 0.29) is 12.0 Å². The zero-order valence-corrected chi connectivity index (χ0v) is 11.5. The van der Waals surface area contributed by atoms with E-state index in [1.54, 1.807) is 25.5 Å². The summed E-state index contributed by atoms with van der Waals surface area (Å²) in [4.78, 5) is 16.6. The monoisotopic (exact) mass is 287 g/mol. The SMILES string of the molecule is CCNc1nc(Oc2ncn(C)n2)nc(-n2cccn2)n1. The lowest BCUT2D eigenvalue weighted by Gasteiger charge is -2.06. The van der Waals surface area contributed by atoms with Crippen molar-refractivity contribution in [3.63, 3.8) is 0 Å². The van der Waals surface area contributed by atoms with Crippen molar-refractivity contribution in [1.29, 1.82) is 0 Å². The molecule has 0 saturated carbocycles. The molecule has 1 N–H and O–H groups in total. The van der Waals surface area contributed by atoms with Crippen molar-refractivity contribution < 1.29 is 4.74 Å². The molecule has 0 fully saturated rings. The molecule has 0 saturated heterocycles. The molecule has 0 spiro atoms. The van der Waals surface area contributed by atoms with Crippen LogP contribution >= 0.6 is 0 Å². The average molecular weight is 287 g/mol. The minimum atomic E-state index is 0.0950. The Labute approximate surface area is 119 Å². The fourth-order valence-corrected chi connectivity index (χ4v) is 1.57. The predicted octanol–water partition coefficient (Wildman–Crippen LogP) is 0.410. The summed E-state index contributed by atoms with van der Waals surface area (Å²) in [5.41, 5.74) is 0. The minimum absolute atomic E-state index is 0.0950. The van der Waals surface area contributed by atoms with Gasteiger partial charge in [-0.25, -0.2) is 4.68 Å². The van der Waals surface area contributed by atoms with Crippen LogP contribution < -0.4 is 10.1 Å². The molecule has 10 nitrogen and oxygen atoms in total. The van der Waals surface area contributed by atoms with Gasteiger partial charge >= 0.3 is 12.0 Å². The molecule has 3 aromatic heterocycles. The molecule has 3 aromatic rings. The third-order valence-electron chi connectivity index (χ3n) is 2.41. The van der Waals surface area contributed by atoms with Crippen LogP contribution in [-0.4, -0.2) is 46.0 Å². The highest BCUT2D eigenvalue weighted by molar-refractivity contribution is 5.30. The molecule has 0 unspecified atom stereocenters. The molecule has 10 heteroatoms. The Morgan fingerprint density at radius 1 is 1.24 bits per heavy atom. The molecule has 108 valence electrons. The van der Waals surface area contributed by atoms with Crippen LogP contribution in [0.4, 0.5) is 5.95 Å². The molecule has 0 bridgehead atoms. The second kappa shape index (κ2) is 5.53. The number of hydrogen-bond acceptors (Lipinski definition) is 8. The van der Waals surface area contributed by atoms with Gasteiger partial charge in [0.25, 0.3) is 5.95 Å². The van der Waals surface area contributed by atoms with Gasteiger partial charge in [0.1, 0.15) is 6.33 Å². The van der Waals surface area contributed by atoms with E-state index in [9.17, 15) is 0 Å². The van der Waals surface area contributed by atoms with Gasteiger partial charge in [-0.3, -0.25) is 4.68 Å². The standard InChI is InChI=1S/C11H13N9O/c1-3-12-8-15-9(20-6-4-5-14-20)17-11(16-8)21-10-13-7-19(2)18-10/h4-7H,3H2,1-2H3,(H,12,15,16,17). The van der Waals surface area contributed by atoms with Gasteiger partial charge in [0.2, 0.25) is 5.95 Å². The molecule has 0 atom stereocenters. The number of hydrogen-bond donors (Lipinski definition) is 1. The largest absolute Gasteiger partial charge is 0.387 e. The van der Waals surface area contributed by atoms with Gasteiger partial charge in [-0.05, 0) is 13.0 Å². The van der Waals surface area contributed by atoms with E-state index in [1.807, 2.05) is 6.92 Å². The highest BCUT2D eigenvalue weighted by Crippen LogP contribution is 2.15. The van der Waals surface area contributed by atoms with Gasteiger partial charge in [-0.1, -0.05) is 0 Å². The maximum Gasteiger partial charge on any atom is 0.343 e. The summed E-state index contributed by atoms with van der Waals surface area (Å²) in [6, 6.07) is 2.03. The van der Waals surface area contributed by atoms with E-state index in [0.717, 1.165) is 0 Å². The first-order valence-electron chi connectivity index (χ1n) is 6.28. The van der Waals surface area contributed by atoms with Crippen molar-refractivity contribution in [2.75, 3.05) is 11.9 Å². The van der Waals surface area contributed by atoms with Crippen molar-refractivity contribution in [2.45, 2.75) is 6.92 Å². The number of nitrogens with one attached hydrogen (secondary N) is 1. The second-order valence-electron chi connectivity index (χ2n) is 4.03. The van der Waals surface area contributed by atoms with Crippen LogP contribution in [0.5, 0.6) is 12.0 Å². The summed E-state index contributed by atoms with van der Waals surface area (Å²) in [6.07, 6.45) is 4.89. The molecule has 0 aliphatic rings. The number of rotatable bonds is 5. The molecule has 0 amide bonds. The first-order valence-corrected chi connectivity index (χ1v) is 6.28. The maximum absolute atomic E-state index is 5.44. The first kappa shape index (κ1) is 13.0. The molecule has 0 aliphatic heterocycles. The molecule has 3 rings (SSSR count). The Hall–Kier alpha value is -3.04. The van der Waals surface area contributed by atoms with Crippen molar-refractivity contribution >= 4 is 5.95 Å². The van der Waals surface area contributed by atoms with Crippen LogP contribution in [0.15, 0.2) is 24.8 Å². The maximum atomic E-state index is 5.44.